The summed E-state index contributed by atoms with van der Waals surface area (Å²) in [5.74, 6) is -0.991. The fourth-order valence-electron chi connectivity index (χ4n) is 3.05. The summed E-state index contributed by atoms with van der Waals surface area (Å²) in [7, 11) is -2.76. The van der Waals surface area contributed by atoms with Crippen molar-refractivity contribution >= 4 is 26.5 Å². The molecule has 0 amide bonds. The van der Waals surface area contributed by atoms with Crippen molar-refractivity contribution in [3.05, 3.63) is 71.1 Å². The molecular formula is C21H13F4N5O3S2. The van der Waals surface area contributed by atoms with Gasteiger partial charge in [-0.3, -0.25) is 9.40 Å². The first-order chi connectivity index (χ1) is 16.5. The third-order valence-corrected chi connectivity index (χ3v) is 6.80. The minimum Gasteiger partial charge on any atom is -0.456 e. The molecule has 0 unspecified atom stereocenters. The Labute approximate surface area is 200 Å². The number of sulfonamides is 1. The molecule has 180 valence electrons. The van der Waals surface area contributed by atoms with E-state index in [9.17, 15) is 31.2 Å². The number of alkyl halides is 3. The van der Waals surface area contributed by atoms with Crippen LogP contribution < -0.4 is 9.46 Å². The van der Waals surface area contributed by atoms with Gasteiger partial charge in [-0.25, -0.2) is 17.8 Å². The topological polar surface area (TPSA) is 110 Å². The van der Waals surface area contributed by atoms with Gasteiger partial charge in [0, 0.05) is 30.3 Å². The van der Waals surface area contributed by atoms with Crippen LogP contribution in [0.1, 0.15) is 11.3 Å². The maximum absolute atomic E-state index is 14.7. The Bertz CT molecular complexity index is 1540. The smallest absolute Gasteiger partial charge is 0.435 e. The molecule has 0 aliphatic carbocycles. The van der Waals surface area contributed by atoms with Crippen LogP contribution in [0, 0.1) is 17.1 Å². The molecule has 0 atom stereocenters. The van der Waals surface area contributed by atoms with Crippen molar-refractivity contribution < 1.29 is 30.7 Å². The monoisotopic (exact) mass is 523 g/mol. The first kappa shape index (κ1) is 24.2. The van der Waals surface area contributed by atoms with Crippen molar-refractivity contribution in [3.63, 3.8) is 0 Å². The molecule has 0 bridgehead atoms. The highest BCUT2D eigenvalue weighted by atomic mass is 32.2. The molecular weight excluding hydrogens is 510 g/mol. The molecule has 4 aromatic rings. The van der Waals surface area contributed by atoms with E-state index < -0.39 is 27.7 Å². The van der Waals surface area contributed by atoms with Crippen molar-refractivity contribution in [2.75, 3.05) is 4.72 Å². The molecule has 0 aliphatic rings. The summed E-state index contributed by atoms with van der Waals surface area (Å²) in [6, 6.07) is 9.52. The molecule has 0 aliphatic heterocycles. The van der Waals surface area contributed by atoms with E-state index in [4.69, 9.17) is 4.74 Å². The number of benzene rings is 2. The van der Waals surface area contributed by atoms with Gasteiger partial charge in [0.1, 0.15) is 23.4 Å². The molecule has 14 heteroatoms. The lowest BCUT2D eigenvalue weighted by Crippen LogP contribution is -2.13. The molecule has 0 saturated heterocycles. The number of nitriles is 1. The number of thiazole rings is 1. The van der Waals surface area contributed by atoms with E-state index in [0.717, 1.165) is 34.2 Å². The number of hydrogen-bond donors (Lipinski definition) is 1. The fourth-order valence-corrected chi connectivity index (χ4v) is 4.87. The van der Waals surface area contributed by atoms with Crippen LogP contribution >= 0.6 is 11.3 Å². The Balaban J connectivity index is 1.60. The van der Waals surface area contributed by atoms with E-state index in [1.54, 1.807) is 5.38 Å². The molecule has 1 N–H and O–H groups in total. The third-order valence-electron chi connectivity index (χ3n) is 4.65. The van der Waals surface area contributed by atoms with E-state index in [0.29, 0.717) is 0 Å². The predicted molar refractivity (Wildman–Crippen MR) is 118 cm³/mol. The van der Waals surface area contributed by atoms with Crippen molar-refractivity contribution in [2.24, 2.45) is 7.05 Å². The highest BCUT2D eigenvalue weighted by molar-refractivity contribution is 7.93. The van der Waals surface area contributed by atoms with E-state index in [1.165, 1.54) is 37.5 Å². The first-order valence-electron chi connectivity index (χ1n) is 9.53. The molecule has 2 aromatic heterocycles. The van der Waals surface area contributed by atoms with E-state index in [2.05, 4.69) is 14.8 Å². The number of aromatic nitrogens is 3. The van der Waals surface area contributed by atoms with Crippen LogP contribution in [0.5, 0.6) is 11.5 Å². The molecule has 8 nitrogen and oxygen atoms in total. The Hall–Kier alpha value is -3.96. The van der Waals surface area contributed by atoms with Gasteiger partial charge in [-0.2, -0.15) is 23.5 Å². The second-order valence-corrected chi connectivity index (χ2v) is 9.57. The van der Waals surface area contributed by atoms with Crippen LogP contribution in [0.2, 0.25) is 0 Å². The van der Waals surface area contributed by atoms with E-state index >= 15 is 0 Å². The van der Waals surface area contributed by atoms with E-state index in [1.807, 2.05) is 6.07 Å². The predicted octanol–water partition coefficient (Wildman–Crippen LogP) is 5.17. The van der Waals surface area contributed by atoms with Gasteiger partial charge in [-0.15, -0.1) is 11.3 Å². The number of ether oxygens (including phenoxy) is 1. The van der Waals surface area contributed by atoms with Crippen molar-refractivity contribution in [1.29, 1.82) is 5.26 Å². The summed E-state index contributed by atoms with van der Waals surface area (Å²) in [6.07, 6.45) is -3.26. The van der Waals surface area contributed by atoms with Gasteiger partial charge >= 0.3 is 6.18 Å². The summed E-state index contributed by atoms with van der Waals surface area (Å²) in [5.41, 5.74) is -1.54. The minimum absolute atomic E-state index is 0.0484. The second kappa shape index (κ2) is 9.01. The third kappa shape index (κ3) is 5.10. The molecule has 2 aromatic carbocycles. The number of halogens is 4. The minimum atomic E-state index is -4.68. The molecule has 0 radical (unpaired) electrons. The number of aryl methyl sites for hydroxylation is 1. The van der Waals surface area contributed by atoms with Crippen molar-refractivity contribution in [1.82, 2.24) is 14.8 Å². The highest BCUT2D eigenvalue weighted by Crippen LogP contribution is 2.34. The lowest BCUT2D eigenvalue weighted by molar-refractivity contribution is -0.141. The quantitative estimate of drug-likeness (QED) is 0.350. The standard InChI is InChI=1S/C21H13F4N5O3S2/c1-30-17(10-19(28-30)21(23,24)25)15-4-2-13(9-16(15)22)33-18-5-3-14(8-12(18)11-26)35(31,32)29-20-27-6-7-34-20/h2-10H,1H3,(H,27,29). The zero-order chi connectivity index (χ0) is 25.4. The van der Waals surface area contributed by atoms with Crippen LogP contribution in [0.4, 0.5) is 22.7 Å². The van der Waals surface area contributed by atoms with E-state index in [-0.39, 0.29) is 38.3 Å². The Morgan fingerprint density at radius 1 is 1.17 bits per heavy atom. The van der Waals surface area contributed by atoms with Crippen LogP contribution in [0.3, 0.4) is 0 Å². The average Bonchev–Trinajstić information content (AvgIpc) is 3.43. The zero-order valence-electron chi connectivity index (χ0n) is 17.5. The Morgan fingerprint density at radius 2 is 1.94 bits per heavy atom. The lowest BCUT2D eigenvalue weighted by Gasteiger charge is -2.11. The first-order valence-corrected chi connectivity index (χ1v) is 11.9. The number of nitrogens with one attached hydrogen (secondary N) is 1. The van der Waals surface area contributed by atoms with Gasteiger partial charge in [-0.1, -0.05) is 0 Å². The number of anilines is 1. The molecule has 0 fully saturated rings. The molecule has 35 heavy (non-hydrogen) atoms. The lowest BCUT2D eigenvalue weighted by atomic mass is 10.1. The number of hydrogen-bond acceptors (Lipinski definition) is 7. The maximum Gasteiger partial charge on any atom is 0.435 e. The fraction of sp³-hybridized carbons (Fsp3) is 0.0952. The molecule has 4 rings (SSSR count). The summed E-state index contributed by atoms with van der Waals surface area (Å²) in [5, 5.41) is 14.6. The average molecular weight is 523 g/mol. The highest BCUT2D eigenvalue weighted by Gasteiger charge is 2.35. The summed E-state index contributed by atoms with van der Waals surface area (Å²) < 4.78 is 87.3. The van der Waals surface area contributed by atoms with Gasteiger partial charge in [-0.05, 0) is 36.4 Å². The van der Waals surface area contributed by atoms with Gasteiger partial charge in [0.05, 0.1) is 16.2 Å². The van der Waals surface area contributed by atoms with Gasteiger partial charge in [0.2, 0.25) is 0 Å². The van der Waals surface area contributed by atoms with Crippen LogP contribution in [-0.4, -0.2) is 23.2 Å². The largest absolute Gasteiger partial charge is 0.456 e. The van der Waals surface area contributed by atoms with Crippen LogP contribution in [0.25, 0.3) is 11.3 Å². The van der Waals surface area contributed by atoms with Crippen molar-refractivity contribution in [3.8, 4) is 28.8 Å². The van der Waals surface area contributed by atoms with Crippen LogP contribution in [0.15, 0.2) is 58.9 Å². The SMILES string of the molecule is Cn1nc(C(F)(F)F)cc1-c1ccc(Oc2ccc(S(=O)(=O)Nc3nccs3)cc2C#N)cc1F. The van der Waals surface area contributed by atoms with Gasteiger partial charge in [0.25, 0.3) is 10.0 Å². The summed E-state index contributed by atoms with van der Waals surface area (Å²) in [6.45, 7) is 0. The molecule has 0 spiro atoms. The Kier molecular flexibility index (Phi) is 6.22. The maximum atomic E-state index is 14.7. The zero-order valence-corrected chi connectivity index (χ0v) is 19.2. The summed E-state index contributed by atoms with van der Waals surface area (Å²) >= 11 is 1.08. The second-order valence-electron chi connectivity index (χ2n) is 6.99. The Morgan fingerprint density at radius 3 is 2.54 bits per heavy atom. The molecule has 0 saturated carbocycles. The number of nitrogens with zero attached hydrogens (tertiary/aromatic N) is 4. The summed E-state index contributed by atoms with van der Waals surface area (Å²) in [4.78, 5) is 3.63. The number of rotatable bonds is 6. The van der Waals surface area contributed by atoms with Crippen LogP contribution in [-0.2, 0) is 23.2 Å². The van der Waals surface area contributed by atoms with Crippen molar-refractivity contribution in [2.45, 2.75) is 11.1 Å². The van der Waals surface area contributed by atoms with Gasteiger partial charge in [0.15, 0.2) is 10.8 Å². The normalized spacial score (nSPS) is 11.8. The van der Waals surface area contributed by atoms with Gasteiger partial charge < -0.3 is 4.74 Å². The molecule has 2 heterocycles.